The van der Waals surface area contributed by atoms with Gasteiger partial charge in [0, 0.05) is 12.8 Å². The standard InChI is InChI=1S/C73H133NO10/c1-3-5-7-9-11-13-15-37-41-45-49-53-57-61-69(78)82-62-58-54-50-46-42-39-36-34-32-30-28-26-24-22-20-18-16-17-19-21-23-25-27-29-31-33-35-38-40-44-48-52-56-60-68(77)74-65(64-83-73-72(81)71(80)70(79)67(63-75)84-73)66(76)59-55-51-47-43-14-12-10-8-6-4-2/h6,8,14,20,22,26,28,43,55,59,65-67,70-73,75-76,79-81H,3-5,7,9-13,15-19,21,23-25,27,29-42,44-54,56-58,60-64H2,1-2H3,(H,74,77)/b8-6+,22-20-,28-26-,43-14+,59-55+. The van der Waals surface area contributed by atoms with E-state index in [1.165, 1.54) is 225 Å². The Morgan fingerprint density at radius 3 is 1.30 bits per heavy atom. The Morgan fingerprint density at radius 2 is 0.845 bits per heavy atom. The number of allylic oxidation sites excluding steroid dienone is 9. The summed E-state index contributed by atoms with van der Waals surface area (Å²) < 4.78 is 16.7. The van der Waals surface area contributed by atoms with Crippen molar-refractivity contribution in [3.63, 3.8) is 0 Å². The van der Waals surface area contributed by atoms with Crippen LogP contribution in [0.3, 0.4) is 0 Å². The summed E-state index contributed by atoms with van der Waals surface area (Å²) in [5.41, 5.74) is 0. The fourth-order valence-electron chi connectivity index (χ4n) is 11.0. The van der Waals surface area contributed by atoms with Gasteiger partial charge in [0.2, 0.25) is 5.91 Å². The molecule has 1 aliphatic rings. The molecule has 490 valence electrons. The van der Waals surface area contributed by atoms with Gasteiger partial charge in [-0.2, -0.15) is 0 Å². The van der Waals surface area contributed by atoms with Gasteiger partial charge in [-0.3, -0.25) is 9.59 Å². The lowest BCUT2D eigenvalue weighted by atomic mass is 9.99. The Bertz CT molecular complexity index is 1580. The van der Waals surface area contributed by atoms with Gasteiger partial charge in [0.05, 0.1) is 32.0 Å². The Hall–Kier alpha value is -2.64. The first-order valence-electron chi connectivity index (χ1n) is 35.6. The molecule has 0 aromatic carbocycles. The van der Waals surface area contributed by atoms with E-state index in [4.69, 9.17) is 14.2 Å². The van der Waals surface area contributed by atoms with Crippen molar-refractivity contribution in [2.24, 2.45) is 0 Å². The summed E-state index contributed by atoms with van der Waals surface area (Å²) in [6.45, 7) is 4.22. The lowest BCUT2D eigenvalue weighted by Crippen LogP contribution is -2.60. The van der Waals surface area contributed by atoms with Crippen LogP contribution in [0.1, 0.15) is 328 Å². The monoisotopic (exact) mass is 1180 g/mol. The summed E-state index contributed by atoms with van der Waals surface area (Å²) >= 11 is 0. The minimum atomic E-state index is -1.58. The number of aliphatic hydroxyl groups is 5. The molecule has 7 atom stereocenters. The van der Waals surface area contributed by atoms with Crippen LogP contribution in [0.4, 0.5) is 0 Å². The van der Waals surface area contributed by atoms with Gasteiger partial charge in [-0.15, -0.1) is 0 Å². The maximum atomic E-state index is 13.0. The van der Waals surface area contributed by atoms with Crippen molar-refractivity contribution in [1.82, 2.24) is 5.32 Å². The number of hydrogen-bond acceptors (Lipinski definition) is 10. The van der Waals surface area contributed by atoms with Crippen molar-refractivity contribution in [2.75, 3.05) is 19.8 Å². The third kappa shape index (κ3) is 50.4. The largest absolute Gasteiger partial charge is 0.466 e. The Kier molecular flexibility index (Phi) is 58.6. The average molecular weight is 1180 g/mol. The molecule has 7 unspecified atom stereocenters. The second-order valence-corrected chi connectivity index (χ2v) is 24.5. The normalized spacial score (nSPS) is 18.4. The highest BCUT2D eigenvalue weighted by molar-refractivity contribution is 5.76. The molecule has 1 saturated heterocycles. The zero-order valence-corrected chi connectivity index (χ0v) is 54.4. The predicted molar refractivity (Wildman–Crippen MR) is 352 cm³/mol. The summed E-state index contributed by atoms with van der Waals surface area (Å²) in [6.07, 6.45) is 72.4. The number of esters is 1. The first kappa shape index (κ1) is 79.4. The van der Waals surface area contributed by atoms with Crippen LogP contribution in [0.25, 0.3) is 0 Å². The zero-order valence-electron chi connectivity index (χ0n) is 54.4. The summed E-state index contributed by atoms with van der Waals surface area (Å²) in [6, 6.07) is -0.833. The number of rotatable bonds is 62. The molecule has 1 aliphatic heterocycles. The quantitative estimate of drug-likeness (QED) is 0.0195. The van der Waals surface area contributed by atoms with Crippen LogP contribution in [0.2, 0.25) is 0 Å². The molecule has 0 bridgehead atoms. The first-order chi connectivity index (χ1) is 41.2. The predicted octanol–water partition coefficient (Wildman–Crippen LogP) is 18.1. The second-order valence-electron chi connectivity index (χ2n) is 24.5. The zero-order chi connectivity index (χ0) is 60.9. The molecule has 84 heavy (non-hydrogen) atoms. The van der Waals surface area contributed by atoms with Gasteiger partial charge < -0.3 is 45.1 Å². The number of unbranched alkanes of at least 4 members (excludes halogenated alkanes) is 40. The molecule has 1 amide bonds. The van der Waals surface area contributed by atoms with Gasteiger partial charge in [0.25, 0.3) is 0 Å². The number of aliphatic hydroxyl groups excluding tert-OH is 5. The van der Waals surface area contributed by atoms with Crippen LogP contribution in [0.5, 0.6) is 0 Å². The molecule has 0 saturated carbocycles. The number of carbonyl (C=O) groups excluding carboxylic acids is 2. The van der Waals surface area contributed by atoms with Gasteiger partial charge in [-0.05, 0) is 83.5 Å². The molecule has 0 aromatic heterocycles. The third-order valence-electron chi connectivity index (χ3n) is 16.6. The number of amides is 1. The fraction of sp³-hybridized carbons (Fsp3) is 0.836. The van der Waals surface area contributed by atoms with E-state index < -0.39 is 49.5 Å². The van der Waals surface area contributed by atoms with E-state index in [-0.39, 0.29) is 18.5 Å². The van der Waals surface area contributed by atoms with E-state index in [1.54, 1.807) is 6.08 Å². The SMILES string of the molecule is CC/C=C/CC/C=C/CC/C=C/C(O)C(COC1OC(CO)C(O)C(O)C1O)NC(=O)CCCCCCCCCCCCCCCCCCC/C=C\C/C=C\CCCCCCCCCCCOC(=O)CCCCCCCCCCCCCCC. The maximum absolute atomic E-state index is 13.0. The molecule has 11 nitrogen and oxygen atoms in total. The summed E-state index contributed by atoms with van der Waals surface area (Å²) in [4.78, 5) is 25.1. The molecule has 6 N–H and O–H groups in total. The Balaban J connectivity index is 1.93. The summed E-state index contributed by atoms with van der Waals surface area (Å²) in [5, 5.41) is 54.3. The van der Waals surface area contributed by atoms with Crippen LogP contribution in [0.15, 0.2) is 60.8 Å². The number of nitrogens with one attached hydrogen (secondary N) is 1. The minimum Gasteiger partial charge on any atom is -0.466 e. The van der Waals surface area contributed by atoms with Crippen LogP contribution >= 0.6 is 0 Å². The number of carbonyl (C=O) groups is 2. The van der Waals surface area contributed by atoms with Crippen LogP contribution in [-0.2, 0) is 23.8 Å². The number of ether oxygens (including phenoxy) is 3. The molecule has 1 heterocycles. The summed E-state index contributed by atoms with van der Waals surface area (Å²) in [5.74, 6) is -0.189. The summed E-state index contributed by atoms with van der Waals surface area (Å²) in [7, 11) is 0. The smallest absolute Gasteiger partial charge is 0.305 e. The number of hydrogen-bond donors (Lipinski definition) is 6. The van der Waals surface area contributed by atoms with Crippen LogP contribution in [0, 0.1) is 0 Å². The highest BCUT2D eigenvalue weighted by Crippen LogP contribution is 2.23. The highest BCUT2D eigenvalue weighted by atomic mass is 16.7. The third-order valence-corrected chi connectivity index (χ3v) is 16.6. The van der Waals surface area contributed by atoms with Gasteiger partial charge >= 0.3 is 5.97 Å². The molecule has 1 rings (SSSR count). The molecule has 0 spiro atoms. The molecular formula is C73H133NO10. The first-order valence-corrected chi connectivity index (χ1v) is 35.6. The minimum absolute atomic E-state index is 0.00790. The van der Waals surface area contributed by atoms with Crippen molar-refractivity contribution < 1.29 is 49.3 Å². The topological polar surface area (TPSA) is 175 Å². The van der Waals surface area contributed by atoms with E-state index in [0.717, 1.165) is 77.0 Å². The molecule has 1 fully saturated rings. The van der Waals surface area contributed by atoms with Crippen molar-refractivity contribution in [2.45, 2.75) is 371 Å². The van der Waals surface area contributed by atoms with Crippen LogP contribution in [-0.4, -0.2) is 100 Å². The molecule has 0 aromatic rings. The van der Waals surface area contributed by atoms with Gasteiger partial charge in [-0.25, -0.2) is 0 Å². The van der Waals surface area contributed by atoms with E-state index in [9.17, 15) is 35.1 Å². The molecule has 0 aliphatic carbocycles. The lowest BCUT2D eigenvalue weighted by molar-refractivity contribution is -0.302. The second kappa shape index (κ2) is 62.0. The Labute approximate surface area is 516 Å². The van der Waals surface area contributed by atoms with Gasteiger partial charge in [0.1, 0.15) is 24.4 Å². The van der Waals surface area contributed by atoms with Crippen molar-refractivity contribution >= 4 is 11.9 Å². The molecule has 11 heteroatoms. The fourth-order valence-corrected chi connectivity index (χ4v) is 11.0. The van der Waals surface area contributed by atoms with E-state index in [0.29, 0.717) is 19.4 Å². The van der Waals surface area contributed by atoms with Crippen molar-refractivity contribution in [3.8, 4) is 0 Å². The Morgan fingerprint density at radius 1 is 0.452 bits per heavy atom. The van der Waals surface area contributed by atoms with Crippen LogP contribution < -0.4 is 5.32 Å². The molecule has 0 radical (unpaired) electrons. The highest BCUT2D eigenvalue weighted by Gasteiger charge is 2.44. The van der Waals surface area contributed by atoms with Gasteiger partial charge in [-0.1, -0.05) is 293 Å². The van der Waals surface area contributed by atoms with E-state index in [1.807, 2.05) is 6.08 Å². The van der Waals surface area contributed by atoms with E-state index in [2.05, 4.69) is 67.8 Å². The maximum Gasteiger partial charge on any atom is 0.305 e. The average Bonchev–Trinajstić information content (AvgIpc) is 3.52. The lowest BCUT2D eigenvalue weighted by Gasteiger charge is -2.40. The van der Waals surface area contributed by atoms with Gasteiger partial charge in [0.15, 0.2) is 6.29 Å². The van der Waals surface area contributed by atoms with Crippen molar-refractivity contribution in [1.29, 1.82) is 0 Å². The van der Waals surface area contributed by atoms with E-state index >= 15 is 0 Å². The van der Waals surface area contributed by atoms with Crippen molar-refractivity contribution in [3.05, 3.63) is 60.8 Å². The molecular weight excluding hydrogens is 1050 g/mol.